The summed E-state index contributed by atoms with van der Waals surface area (Å²) in [5.74, 6) is -0.292. The van der Waals surface area contributed by atoms with Gasteiger partial charge in [0.25, 0.3) is 0 Å². The highest BCUT2D eigenvalue weighted by atomic mass is 32.2. The third kappa shape index (κ3) is 8.29. The van der Waals surface area contributed by atoms with Crippen LogP contribution in [0.25, 0.3) is 0 Å². The summed E-state index contributed by atoms with van der Waals surface area (Å²) < 4.78 is 11.0. The molecule has 0 atom stereocenters. The van der Waals surface area contributed by atoms with Gasteiger partial charge in [0.1, 0.15) is 6.61 Å². The number of hydrogen-bond acceptors (Lipinski definition) is 5. The van der Waals surface area contributed by atoms with Crippen LogP contribution in [0.4, 0.5) is 5.69 Å². The van der Waals surface area contributed by atoms with Crippen LogP contribution in [0, 0.1) is 0 Å². The normalized spacial score (nSPS) is 11.4. The highest BCUT2D eigenvalue weighted by molar-refractivity contribution is 7.98. The van der Waals surface area contributed by atoms with E-state index in [1.54, 1.807) is 17.8 Å². The van der Waals surface area contributed by atoms with Crippen molar-refractivity contribution in [1.82, 2.24) is 0 Å². The van der Waals surface area contributed by atoms with Crippen LogP contribution in [-0.4, -0.2) is 47.2 Å². The minimum Gasteiger partial charge on any atom is -0.460 e. The van der Waals surface area contributed by atoms with Crippen LogP contribution in [0.2, 0.25) is 25.2 Å². The second-order valence-corrected chi connectivity index (χ2v) is 13.1. The molecule has 0 aliphatic heterocycles. The molecule has 0 aliphatic carbocycles. The summed E-state index contributed by atoms with van der Waals surface area (Å²) in [5.41, 5.74) is 1.60. The largest absolute Gasteiger partial charge is 0.460 e. The zero-order chi connectivity index (χ0) is 18.7. The maximum atomic E-state index is 12.1. The van der Waals surface area contributed by atoms with Crippen molar-refractivity contribution in [1.29, 1.82) is 0 Å². The quantitative estimate of drug-likeness (QED) is 0.235. The number of nitrogens with one attached hydrogen (secondary N) is 1. The molecular weight excluding hydrogens is 350 g/mol. The highest BCUT2D eigenvalue weighted by Gasteiger charge is 2.19. The van der Waals surface area contributed by atoms with Gasteiger partial charge in [0.05, 0.1) is 12.2 Å². The van der Waals surface area contributed by atoms with Gasteiger partial charge in [-0.05, 0) is 30.5 Å². The van der Waals surface area contributed by atoms with E-state index < -0.39 is 8.07 Å². The molecule has 0 radical (unpaired) electrons. The summed E-state index contributed by atoms with van der Waals surface area (Å²) in [5, 5.41) is 3.11. The molecule has 0 aromatic heterocycles. The van der Waals surface area contributed by atoms with Crippen molar-refractivity contribution in [2.75, 3.05) is 38.4 Å². The van der Waals surface area contributed by atoms with Gasteiger partial charge in [-0.3, -0.25) is 0 Å². The van der Waals surface area contributed by atoms with E-state index >= 15 is 0 Å². The maximum absolute atomic E-state index is 12.1. The number of ether oxygens (including phenoxy) is 2. The van der Waals surface area contributed by atoms with Crippen molar-refractivity contribution < 1.29 is 14.3 Å². The summed E-state index contributed by atoms with van der Waals surface area (Å²) in [4.78, 5) is 13.2. The lowest BCUT2D eigenvalue weighted by Crippen LogP contribution is -2.27. The van der Waals surface area contributed by atoms with Crippen molar-refractivity contribution in [2.24, 2.45) is 0 Å². The predicted molar refractivity (Wildman–Crippen MR) is 111 cm³/mol. The number of carbonyl (C=O) groups excluding carboxylic acids is 1. The van der Waals surface area contributed by atoms with E-state index in [2.05, 4.69) is 25.3 Å². The summed E-state index contributed by atoms with van der Waals surface area (Å²) in [6.45, 7) is 8.62. The van der Waals surface area contributed by atoms with Crippen LogP contribution in [0.1, 0.15) is 30.1 Å². The fourth-order valence-electron chi connectivity index (χ4n) is 2.53. The number of rotatable bonds is 12. The van der Waals surface area contributed by atoms with Gasteiger partial charge in [-0.1, -0.05) is 38.9 Å². The molecule has 0 aliphatic rings. The first-order valence-electron chi connectivity index (χ1n) is 9.04. The number of carbonyl (C=O) groups is 1. The van der Waals surface area contributed by atoms with Gasteiger partial charge < -0.3 is 14.8 Å². The average Bonchev–Trinajstić information content (AvgIpc) is 2.62. The fourth-order valence-corrected chi connectivity index (χ4v) is 5.42. The Morgan fingerprint density at radius 2 is 1.96 bits per heavy atom. The average molecular weight is 384 g/mol. The van der Waals surface area contributed by atoms with Crippen LogP contribution < -0.4 is 5.32 Å². The van der Waals surface area contributed by atoms with E-state index in [0.717, 1.165) is 17.2 Å². The third-order valence-electron chi connectivity index (χ3n) is 4.30. The second-order valence-electron chi connectivity index (χ2n) is 6.93. The summed E-state index contributed by atoms with van der Waals surface area (Å²) in [7, 11) is 0.752. The first-order chi connectivity index (χ1) is 11.9. The van der Waals surface area contributed by atoms with Crippen molar-refractivity contribution >= 4 is 31.5 Å². The molecule has 6 heteroatoms. The Morgan fingerprint density at radius 3 is 2.60 bits per heavy atom. The predicted octanol–water partition coefficient (Wildman–Crippen LogP) is 5.13. The molecule has 0 saturated heterocycles. The third-order valence-corrected chi connectivity index (χ3v) is 8.34. The molecule has 0 amide bonds. The van der Waals surface area contributed by atoms with Crippen molar-refractivity contribution in [3.8, 4) is 0 Å². The smallest absolute Gasteiger partial charge is 0.338 e. The Labute approximate surface area is 158 Å². The number of esters is 1. The zero-order valence-electron chi connectivity index (χ0n) is 16.3. The molecule has 0 spiro atoms. The number of hydrogen-bond donors (Lipinski definition) is 1. The lowest BCUT2D eigenvalue weighted by Gasteiger charge is -2.21. The van der Waals surface area contributed by atoms with E-state index in [4.69, 9.17) is 9.47 Å². The van der Waals surface area contributed by atoms with E-state index in [1.165, 1.54) is 24.9 Å². The van der Waals surface area contributed by atoms with Gasteiger partial charge >= 0.3 is 5.97 Å². The first-order valence-corrected chi connectivity index (χ1v) is 13.7. The van der Waals surface area contributed by atoms with Gasteiger partial charge in [-0.25, -0.2) is 4.79 Å². The standard InChI is InChI=1S/C19H33NO3SSi/c1-6-7-13-25(4,5)14-12-22-10-11-23-19(21)16-8-9-17(20-2)18(15-16)24-3/h8-9,15,20H,6-7,10-14H2,1-5H3. The Hall–Kier alpha value is -0.983. The van der Waals surface area contributed by atoms with Gasteiger partial charge in [-0.2, -0.15) is 0 Å². The Bertz CT molecular complexity index is 537. The molecule has 1 N–H and O–H groups in total. The lowest BCUT2D eigenvalue weighted by atomic mass is 10.2. The van der Waals surface area contributed by atoms with E-state index in [-0.39, 0.29) is 5.97 Å². The molecule has 142 valence electrons. The molecule has 0 bridgehead atoms. The monoisotopic (exact) mass is 383 g/mol. The van der Waals surface area contributed by atoms with Gasteiger partial charge in [0.15, 0.2) is 0 Å². The SMILES string of the molecule is CCCC[Si](C)(C)CCOCCOC(=O)c1ccc(NC)c(SC)c1. The van der Waals surface area contributed by atoms with E-state index in [0.29, 0.717) is 18.8 Å². The lowest BCUT2D eigenvalue weighted by molar-refractivity contribution is 0.0334. The number of unbranched alkanes of at least 4 members (excludes halogenated alkanes) is 1. The van der Waals surface area contributed by atoms with E-state index in [9.17, 15) is 4.79 Å². The molecule has 0 fully saturated rings. The molecule has 1 aromatic rings. The molecule has 1 aromatic carbocycles. The van der Waals surface area contributed by atoms with Gasteiger partial charge in [0, 0.05) is 32.3 Å². The maximum Gasteiger partial charge on any atom is 0.338 e. The summed E-state index contributed by atoms with van der Waals surface area (Å²) in [6, 6.07) is 8.09. The molecule has 4 nitrogen and oxygen atoms in total. The molecule has 0 saturated carbocycles. The minimum atomic E-state index is -1.12. The Morgan fingerprint density at radius 1 is 1.20 bits per heavy atom. The molecule has 1 rings (SSSR count). The number of anilines is 1. The summed E-state index contributed by atoms with van der Waals surface area (Å²) in [6.07, 6.45) is 4.58. The summed E-state index contributed by atoms with van der Waals surface area (Å²) >= 11 is 1.60. The van der Waals surface area contributed by atoms with E-state index in [1.807, 2.05) is 25.4 Å². The highest BCUT2D eigenvalue weighted by Crippen LogP contribution is 2.26. The molecule has 0 unspecified atom stereocenters. The van der Waals surface area contributed by atoms with Crippen LogP contribution in [0.15, 0.2) is 23.1 Å². The van der Waals surface area contributed by atoms with Crippen LogP contribution >= 0.6 is 11.8 Å². The first kappa shape index (κ1) is 22.1. The van der Waals surface area contributed by atoms with Crippen LogP contribution in [0.3, 0.4) is 0 Å². The van der Waals surface area contributed by atoms with Crippen molar-refractivity contribution in [2.45, 2.75) is 49.8 Å². The molecular formula is C19H33NO3SSi. The topological polar surface area (TPSA) is 47.6 Å². The van der Waals surface area contributed by atoms with Crippen LogP contribution in [0.5, 0.6) is 0 Å². The van der Waals surface area contributed by atoms with Crippen molar-refractivity contribution in [3.05, 3.63) is 23.8 Å². The van der Waals surface area contributed by atoms with Crippen molar-refractivity contribution in [3.63, 3.8) is 0 Å². The van der Waals surface area contributed by atoms with Crippen LogP contribution in [-0.2, 0) is 9.47 Å². The fraction of sp³-hybridized carbons (Fsp3) is 0.632. The number of benzene rings is 1. The van der Waals surface area contributed by atoms with Gasteiger partial charge in [-0.15, -0.1) is 11.8 Å². The zero-order valence-corrected chi connectivity index (χ0v) is 18.1. The Balaban J connectivity index is 2.29. The minimum absolute atomic E-state index is 0.292. The molecule has 25 heavy (non-hydrogen) atoms. The number of thioether (sulfide) groups is 1. The second kappa shape index (κ2) is 11.6. The van der Waals surface area contributed by atoms with Gasteiger partial charge in [0.2, 0.25) is 0 Å². The molecule has 0 heterocycles. The Kier molecular flexibility index (Phi) is 10.2.